The van der Waals surface area contributed by atoms with Gasteiger partial charge in [0, 0.05) is 33.9 Å². The zero-order chi connectivity index (χ0) is 14.8. The normalized spacial score (nSPS) is 16.4. The number of hydrogen-bond acceptors (Lipinski definition) is 4. The van der Waals surface area contributed by atoms with Gasteiger partial charge in [-0.05, 0) is 40.8 Å². The van der Waals surface area contributed by atoms with Gasteiger partial charge in [0.25, 0.3) is 5.56 Å². The first-order valence-corrected chi connectivity index (χ1v) is 8.84. The molecule has 112 valence electrons. The van der Waals surface area contributed by atoms with Gasteiger partial charge < -0.3 is 4.90 Å². The molecule has 21 heavy (non-hydrogen) atoms. The molecule has 6 heteroatoms. The van der Waals surface area contributed by atoms with Crippen molar-refractivity contribution >= 4 is 33.0 Å². The Hall–Kier alpha value is -1.14. The maximum absolute atomic E-state index is 12.2. The van der Waals surface area contributed by atoms with E-state index in [1.165, 1.54) is 17.5 Å². The first-order chi connectivity index (χ1) is 10.1. The van der Waals surface area contributed by atoms with Crippen molar-refractivity contribution in [2.75, 3.05) is 18.0 Å². The van der Waals surface area contributed by atoms with Gasteiger partial charge in [-0.25, -0.2) is 4.68 Å². The number of nitrogens with zero attached hydrogens (tertiary/aromatic N) is 3. The molecule has 4 nitrogen and oxygen atoms in total. The molecule has 1 fully saturated rings. The summed E-state index contributed by atoms with van der Waals surface area (Å²) in [6.07, 6.45) is 4.19. The van der Waals surface area contributed by atoms with Crippen molar-refractivity contribution in [1.82, 2.24) is 9.78 Å². The second kappa shape index (κ2) is 6.32. The highest BCUT2D eigenvalue weighted by Crippen LogP contribution is 2.22. The van der Waals surface area contributed by atoms with Crippen LogP contribution in [0.4, 0.5) is 5.69 Å². The van der Waals surface area contributed by atoms with Crippen molar-refractivity contribution in [3.8, 4) is 0 Å². The second-order valence-corrected chi connectivity index (χ2v) is 7.52. The number of thiophene rings is 1. The number of hydrogen-bond donors (Lipinski definition) is 0. The molecule has 2 aromatic heterocycles. The first-order valence-electron chi connectivity index (χ1n) is 7.17. The number of halogens is 1. The van der Waals surface area contributed by atoms with Crippen LogP contribution >= 0.6 is 27.3 Å². The van der Waals surface area contributed by atoms with Gasteiger partial charge in [0.15, 0.2) is 0 Å². The molecule has 0 atom stereocenters. The molecule has 3 heterocycles. The van der Waals surface area contributed by atoms with Crippen LogP contribution in [0.3, 0.4) is 0 Å². The third-order valence-electron chi connectivity index (χ3n) is 3.93. The highest BCUT2D eigenvalue weighted by molar-refractivity contribution is 9.10. The van der Waals surface area contributed by atoms with Crippen molar-refractivity contribution in [2.45, 2.75) is 26.3 Å². The molecular weight excluding hydrogens is 350 g/mol. The molecule has 0 spiro atoms. The topological polar surface area (TPSA) is 38.1 Å². The van der Waals surface area contributed by atoms with Gasteiger partial charge in [-0.2, -0.15) is 5.10 Å². The highest BCUT2D eigenvalue weighted by atomic mass is 79.9. The second-order valence-electron chi connectivity index (χ2n) is 5.61. The third kappa shape index (κ3) is 3.55. The summed E-state index contributed by atoms with van der Waals surface area (Å²) >= 11 is 5.06. The van der Waals surface area contributed by atoms with E-state index >= 15 is 0 Å². The SMILES string of the molecule is CC1CCN(c2cnn(Cc3cc(Br)cs3)c(=O)c2)CC1. The van der Waals surface area contributed by atoms with E-state index in [4.69, 9.17) is 0 Å². The lowest BCUT2D eigenvalue weighted by Gasteiger charge is -2.31. The van der Waals surface area contributed by atoms with Crippen molar-refractivity contribution in [2.24, 2.45) is 5.92 Å². The van der Waals surface area contributed by atoms with Crippen LogP contribution in [-0.2, 0) is 6.54 Å². The number of rotatable bonds is 3. The van der Waals surface area contributed by atoms with Crippen LogP contribution in [0.5, 0.6) is 0 Å². The van der Waals surface area contributed by atoms with E-state index in [1.54, 1.807) is 17.4 Å². The summed E-state index contributed by atoms with van der Waals surface area (Å²) < 4.78 is 2.57. The maximum Gasteiger partial charge on any atom is 0.269 e. The average Bonchev–Trinajstić information content (AvgIpc) is 2.87. The molecule has 0 bridgehead atoms. The van der Waals surface area contributed by atoms with Crippen molar-refractivity contribution < 1.29 is 0 Å². The monoisotopic (exact) mass is 367 g/mol. The highest BCUT2D eigenvalue weighted by Gasteiger charge is 2.17. The van der Waals surface area contributed by atoms with Crippen molar-refractivity contribution in [1.29, 1.82) is 0 Å². The Labute approximate surface area is 136 Å². The van der Waals surface area contributed by atoms with Gasteiger partial charge in [-0.15, -0.1) is 11.3 Å². The molecule has 1 saturated heterocycles. The summed E-state index contributed by atoms with van der Waals surface area (Å²) in [4.78, 5) is 15.6. The summed E-state index contributed by atoms with van der Waals surface area (Å²) in [6.45, 7) is 4.85. The molecular formula is C15H18BrN3OS. The predicted octanol–water partition coefficient (Wildman–Crippen LogP) is 3.35. The number of aromatic nitrogens is 2. The molecule has 0 aliphatic carbocycles. The van der Waals surface area contributed by atoms with Crippen LogP contribution in [0.25, 0.3) is 0 Å². The van der Waals surface area contributed by atoms with Crippen molar-refractivity contribution in [3.63, 3.8) is 0 Å². The maximum atomic E-state index is 12.2. The molecule has 0 saturated carbocycles. The van der Waals surface area contributed by atoms with Gasteiger partial charge in [-0.3, -0.25) is 4.79 Å². The molecule has 1 aliphatic heterocycles. The van der Waals surface area contributed by atoms with Crippen LogP contribution in [0.2, 0.25) is 0 Å². The summed E-state index contributed by atoms with van der Waals surface area (Å²) in [5, 5.41) is 6.35. The Bertz CT molecular complexity index is 674. The number of anilines is 1. The van der Waals surface area contributed by atoms with Crippen LogP contribution in [0.15, 0.2) is 33.0 Å². The van der Waals surface area contributed by atoms with E-state index in [2.05, 4.69) is 32.9 Å². The van der Waals surface area contributed by atoms with E-state index in [1.807, 2.05) is 17.6 Å². The van der Waals surface area contributed by atoms with Gasteiger partial charge in [0.1, 0.15) is 0 Å². The first kappa shape index (κ1) is 14.8. The van der Waals surface area contributed by atoms with E-state index in [9.17, 15) is 4.79 Å². The summed E-state index contributed by atoms with van der Waals surface area (Å²) in [6, 6.07) is 3.74. The Kier molecular flexibility index (Phi) is 4.45. The van der Waals surface area contributed by atoms with Gasteiger partial charge in [0.05, 0.1) is 18.4 Å². The lowest BCUT2D eigenvalue weighted by Crippen LogP contribution is -2.34. The number of piperidine rings is 1. The fraction of sp³-hybridized carbons (Fsp3) is 0.467. The van der Waals surface area contributed by atoms with Crippen LogP contribution < -0.4 is 10.5 Å². The van der Waals surface area contributed by atoms with Crippen LogP contribution in [0.1, 0.15) is 24.6 Å². The van der Waals surface area contributed by atoms with Gasteiger partial charge in [-0.1, -0.05) is 6.92 Å². The minimum absolute atomic E-state index is 0.0318. The average molecular weight is 368 g/mol. The fourth-order valence-electron chi connectivity index (χ4n) is 2.57. The zero-order valence-corrected chi connectivity index (χ0v) is 14.4. The zero-order valence-electron chi connectivity index (χ0n) is 12.0. The molecule has 0 radical (unpaired) electrons. The van der Waals surface area contributed by atoms with Crippen LogP contribution in [0, 0.1) is 5.92 Å². The van der Waals surface area contributed by atoms with Gasteiger partial charge in [0.2, 0.25) is 0 Å². The predicted molar refractivity (Wildman–Crippen MR) is 90.2 cm³/mol. The fourth-order valence-corrected chi connectivity index (χ4v) is 4.00. The Morgan fingerprint density at radius 3 is 2.76 bits per heavy atom. The largest absolute Gasteiger partial charge is 0.370 e. The lowest BCUT2D eigenvalue weighted by atomic mass is 9.99. The standard InChI is InChI=1S/C15H18BrN3OS/c1-11-2-4-18(5-3-11)13-7-15(20)19(17-8-13)9-14-6-12(16)10-21-14/h6-8,10-11H,2-5,9H2,1H3. The summed E-state index contributed by atoms with van der Waals surface area (Å²) in [5.74, 6) is 0.784. The minimum atomic E-state index is -0.0318. The summed E-state index contributed by atoms with van der Waals surface area (Å²) in [7, 11) is 0. The van der Waals surface area contributed by atoms with E-state index in [-0.39, 0.29) is 5.56 Å². The Morgan fingerprint density at radius 2 is 2.14 bits per heavy atom. The molecule has 1 aliphatic rings. The minimum Gasteiger partial charge on any atom is -0.370 e. The summed E-state index contributed by atoms with van der Waals surface area (Å²) in [5.41, 5.74) is 0.922. The Balaban J connectivity index is 1.75. The lowest BCUT2D eigenvalue weighted by molar-refractivity contribution is 0.437. The molecule has 3 rings (SSSR count). The molecule has 0 amide bonds. The third-order valence-corrected chi connectivity index (χ3v) is 5.61. The molecule has 0 aromatic carbocycles. The smallest absolute Gasteiger partial charge is 0.269 e. The van der Waals surface area contributed by atoms with E-state index in [0.29, 0.717) is 6.54 Å². The van der Waals surface area contributed by atoms with Crippen LogP contribution in [-0.4, -0.2) is 22.9 Å². The molecule has 0 unspecified atom stereocenters. The Morgan fingerprint density at radius 1 is 1.38 bits per heavy atom. The van der Waals surface area contributed by atoms with Gasteiger partial charge >= 0.3 is 0 Å². The quantitative estimate of drug-likeness (QED) is 0.834. The van der Waals surface area contributed by atoms with E-state index < -0.39 is 0 Å². The molecule has 0 N–H and O–H groups in total. The van der Waals surface area contributed by atoms with E-state index in [0.717, 1.165) is 34.0 Å². The molecule has 2 aromatic rings. The van der Waals surface area contributed by atoms with Crippen molar-refractivity contribution in [3.05, 3.63) is 43.4 Å².